The van der Waals surface area contributed by atoms with Crippen molar-refractivity contribution in [3.05, 3.63) is 206 Å². The van der Waals surface area contributed by atoms with E-state index >= 15 is 0 Å². The van der Waals surface area contributed by atoms with Crippen LogP contribution in [0.25, 0.3) is 109 Å². The van der Waals surface area contributed by atoms with Crippen molar-refractivity contribution in [1.29, 1.82) is 0 Å². The lowest BCUT2D eigenvalue weighted by Crippen LogP contribution is -1.93. The van der Waals surface area contributed by atoms with Crippen LogP contribution in [0.15, 0.2) is 206 Å². The Morgan fingerprint density at radius 1 is 0.316 bits per heavy atom. The lowest BCUT2D eigenvalue weighted by molar-refractivity contribution is 1.18. The predicted molar refractivity (Wildman–Crippen MR) is 244 cm³/mol. The molecule has 3 aromatic heterocycles. The first-order valence-corrected chi connectivity index (χ1v) is 18.3. The quantitative estimate of drug-likeness (QED) is 0.165. The molecular formula is C54H34N2S. The Labute approximate surface area is 368 Å². The van der Waals surface area contributed by atoms with E-state index in [1.54, 1.807) is 30.3 Å². The van der Waals surface area contributed by atoms with E-state index in [-0.39, 0.29) is 87.1 Å². The Hall–Kier alpha value is -7.20. The normalized spacial score (nSPS) is 18.0. The number of para-hydroxylation sites is 3. The van der Waals surface area contributed by atoms with E-state index in [0.29, 0.717) is 5.69 Å². The third-order valence-electron chi connectivity index (χ3n) is 9.68. The van der Waals surface area contributed by atoms with Crippen LogP contribution in [-0.4, -0.2) is 9.13 Å². The molecule has 0 saturated carbocycles. The molecule has 0 unspecified atom stereocenters. The van der Waals surface area contributed by atoms with Crippen LogP contribution in [0.4, 0.5) is 0 Å². The summed E-state index contributed by atoms with van der Waals surface area (Å²) in [5.41, 5.74) is -3.85. The molecular weight excluding hydrogens is 709 g/mol. The number of nitrogens with zero attached hydrogens (tertiary/aromatic N) is 2. The first-order valence-electron chi connectivity index (χ1n) is 30.0. The second-order valence-corrected chi connectivity index (χ2v) is 13.9. The molecule has 3 heterocycles. The van der Waals surface area contributed by atoms with Gasteiger partial charge in [0.25, 0.3) is 0 Å². The van der Waals surface area contributed by atoms with E-state index in [9.17, 15) is 17.8 Å². The molecule has 0 aliphatic heterocycles. The van der Waals surface area contributed by atoms with Gasteiger partial charge in [0.1, 0.15) is 0 Å². The van der Waals surface area contributed by atoms with E-state index in [2.05, 4.69) is 0 Å². The highest BCUT2D eigenvalue weighted by atomic mass is 32.1. The molecule has 57 heavy (non-hydrogen) atoms. The van der Waals surface area contributed by atoms with E-state index in [1.165, 1.54) is 10.6 Å². The topological polar surface area (TPSA) is 9.86 Å². The molecule has 0 radical (unpaired) electrons. The van der Waals surface area contributed by atoms with E-state index in [4.69, 9.17) is 16.4 Å². The van der Waals surface area contributed by atoms with E-state index < -0.39 is 167 Å². The molecule has 0 bridgehead atoms. The molecule has 266 valence electrons. The number of hydrogen-bond donors (Lipinski definition) is 0. The van der Waals surface area contributed by atoms with Crippen molar-refractivity contribution in [3.8, 4) is 44.8 Å². The molecule has 0 spiro atoms. The van der Waals surface area contributed by atoms with Gasteiger partial charge in [0.15, 0.2) is 0 Å². The predicted octanol–water partition coefficient (Wildman–Crippen LogP) is 15.2. The van der Waals surface area contributed by atoms with Crippen molar-refractivity contribution in [2.75, 3.05) is 0 Å². The second-order valence-electron chi connectivity index (χ2n) is 12.9. The minimum atomic E-state index is -0.825. The molecule has 0 fully saturated rings. The number of aromatic nitrogens is 2. The van der Waals surface area contributed by atoms with Crippen LogP contribution in [0.5, 0.6) is 0 Å². The Morgan fingerprint density at radius 2 is 0.912 bits per heavy atom. The Morgan fingerprint density at radius 3 is 1.72 bits per heavy atom. The molecule has 9 aromatic carbocycles. The van der Waals surface area contributed by atoms with Crippen molar-refractivity contribution < 1.29 is 34.3 Å². The largest absolute Gasteiger partial charge is 0.309 e. The first kappa shape index (κ1) is 16.1. The Balaban J connectivity index is 1.19. The third-order valence-corrected chi connectivity index (χ3v) is 10.7. The van der Waals surface area contributed by atoms with Crippen molar-refractivity contribution in [2.24, 2.45) is 0 Å². The fourth-order valence-electron chi connectivity index (χ4n) is 7.16. The van der Waals surface area contributed by atoms with Gasteiger partial charge in [0, 0.05) is 53.1 Å². The van der Waals surface area contributed by atoms with Gasteiger partial charge in [-0.25, -0.2) is 0 Å². The third kappa shape index (κ3) is 5.10. The highest BCUT2D eigenvalue weighted by molar-refractivity contribution is 7.25. The summed E-state index contributed by atoms with van der Waals surface area (Å²) in [4.78, 5) is 0. The maximum atomic E-state index is 9.98. The summed E-state index contributed by atoms with van der Waals surface area (Å²) < 4.78 is 231. The lowest BCUT2D eigenvalue weighted by Gasteiger charge is -2.10. The maximum absolute atomic E-state index is 9.98. The van der Waals surface area contributed by atoms with Gasteiger partial charge < -0.3 is 9.13 Å². The highest BCUT2D eigenvalue weighted by Crippen LogP contribution is 2.41. The molecule has 12 aromatic rings. The van der Waals surface area contributed by atoms with Crippen LogP contribution in [-0.2, 0) is 0 Å². The number of rotatable bonds is 5. The van der Waals surface area contributed by atoms with Crippen LogP contribution < -0.4 is 0 Å². The van der Waals surface area contributed by atoms with Crippen LogP contribution in [0.3, 0.4) is 0 Å². The highest BCUT2D eigenvalue weighted by Gasteiger charge is 2.17. The van der Waals surface area contributed by atoms with Gasteiger partial charge in [-0.05, 0) is 118 Å². The summed E-state index contributed by atoms with van der Waals surface area (Å²) >= 11 is 0.769. The summed E-state index contributed by atoms with van der Waals surface area (Å²) in [5, 5.41) is -1.51. The molecule has 0 aliphatic rings. The summed E-state index contributed by atoms with van der Waals surface area (Å²) in [5.74, 6) is 0. The van der Waals surface area contributed by atoms with Gasteiger partial charge in [-0.1, -0.05) is 121 Å². The summed E-state index contributed by atoms with van der Waals surface area (Å²) in [6.45, 7) is 0. The van der Waals surface area contributed by atoms with E-state index in [1.807, 2.05) is 0 Å². The monoisotopic (exact) mass is 767 g/mol. The van der Waals surface area contributed by atoms with Gasteiger partial charge in [0.2, 0.25) is 0 Å². The molecule has 0 amide bonds. The summed E-state index contributed by atoms with van der Waals surface area (Å²) in [7, 11) is 0. The first-order chi connectivity index (χ1) is 38.7. The molecule has 2 nitrogen and oxygen atoms in total. The molecule has 3 heteroatoms. The Kier molecular flexibility index (Phi) is 3.58. The minimum absolute atomic E-state index is 0.00436. The molecule has 0 atom stereocenters. The van der Waals surface area contributed by atoms with Crippen molar-refractivity contribution >= 4 is 75.1 Å². The average molecular weight is 768 g/mol. The van der Waals surface area contributed by atoms with Gasteiger partial charge in [-0.2, -0.15) is 0 Å². The van der Waals surface area contributed by atoms with Crippen LogP contribution in [0.1, 0.15) is 34.3 Å². The fourth-order valence-corrected chi connectivity index (χ4v) is 8.09. The number of hydrogen-bond acceptors (Lipinski definition) is 1. The zero-order valence-electron chi connectivity index (χ0n) is 54.0. The molecule has 0 N–H and O–H groups in total. The average Bonchev–Trinajstić information content (AvgIpc) is 3.75. The SMILES string of the molecule is [2H]c1cc([2H])c([2H])c(-c2c([2H])c([2H])c([2H])c(-c3c([2H])c([2H])c4sc5c([2H])cc(-n6c7cc([2H])c([2H])c([2H])c7c7c([2H])c(-c8c([2H])c([2H])c9c(c8[2H])c8c([2H])c([2H])c([2H])c([2H])c8n9-c8ccccc8)c([2H])c([2H])c76)c([2H])c5c4c3[2H])c2[2H])c1. The second kappa shape index (κ2) is 12.7. The number of benzene rings is 9. The molecule has 0 aliphatic carbocycles. The lowest BCUT2D eigenvalue weighted by atomic mass is 9.98. The zero-order chi connectivity index (χ0) is 59.2. The number of thiophene rings is 1. The molecule has 12 rings (SSSR count). The van der Waals surface area contributed by atoms with Crippen LogP contribution in [0.2, 0.25) is 0 Å². The van der Waals surface area contributed by atoms with Crippen molar-refractivity contribution in [1.82, 2.24) is 9.13 Å². The molecule has 0 saturated heterocycles. The zero-order valence-corrected chi connectivity index (χ0v) is 29.8. The van der Waals surface area contributed by atoms with Gasteiger partial charge in [-0.3, -0.25) is 0 Å². The van der Waals surface area contributed by atoms with Gasteiger partial charge in [-0.15, -0.1) is 11.3 Å². The van der Waals surface area contributed by atoms with Crippen LogP contribution >= 0.6 is 11.3 Å². The minimum Gasteiger partial charge on any atom is -0.309 e. The fraction of sp³-hybridized carbons (Fsp3) is 0. The van der Waals surface area contributed by atoms with Crippen molar-refractivity contribution in [3.63, 3.8) is 0 Å². The smallest absolute Gasteiger partial charge is 0.0652 e. The summed E-state index contributed by atoms with van der Waals surface area (Å²) in [6.07, 6.45) is 0. The standard InChI is InChI=1S/C54H34N2S/c1-3-12-35(13-4-1)36-14-11-15-37(30-36)40-24-28-53-47(33-40)48-34-42(25-29-54(48)57-53)56-50-21-10-8-19-44(50)46-32-39(23-27-52(46)56)38-22-26-51-45(31-38)43-18-7-9-20-49(43)55(51)41-16-5-2-6-17-41/h1-34H/i3D,4D,7D,8D,9D,10D,11D,12D,14D,15D,18D,19D,20D,22D,23D,24D,26D,27D,28D,29D,30D,31D,32D,33D,34D. The van der Waals surface area contributed by atoms with Gasteiger partial charge >= 0.3 is 0 Å². The van der Waals surface area contributed by atoms with Gasteiger partial charge in [0.05, 0.1) is 56.3 Å². The number of fused-ring (bicyclic) bond motifs is 9. The maximum Gasteiger partial charge on any atom is 0.0652 e. The summed E-state index contributed by atoms with van der Waals surface area (Å²) in [6, 6.07) is -2.96. The van der Waals surface area contributed by atoms with E-state index in [0.717, 1.165) is 34.1 Å². The van der Waals surface area contributed by atoms with Crippen LogP contribution in [0, 0.1) is 0 Å². The van der Waals surface area contributed by atoms with Crippen molar-refractivity contribution in [2.45, 2.75) is 0 Å². The Bertz CT molecular complexity index is 4990.